The normalized spacial score (nSPS) is 12.2. The molecule has 2 aromatic carbocycles. The molecule has 0 N–H and O–H groups in total. The molecule has 0 spiro atoms. The van der Waals surface area contributed by atoms with Crippen molar-refractivity contribution in [3.63, 3.8) is 0 Å². The molecule has 0 atom stereocenters. The molecule has 0 aliphatic heterocycles. The number of nitrogens with zero attached hydrogens (tertiary/aromatic N) is 1. The molecule has 2 nitrogen and oxygen atoms in total. The fraction of sp³-hybridized carbons (Fsp3) is 0.261. The minimum absolute atomic E-state index is 0.132. The summed E-state index contributed by atoms with van der Waals surface area (Å²) in [6.07, 6.45) is 0. The third-order valence-electron chi connectivity index (χ3n) is 4.93. The van der Waals surface area contributed by atoms with E-state index in [9.17, 15) is 0 Å². The van der Waals surface area contributed by atoms with Crippen molar-refractivity contribution in [1.82, 2.24) is 4.98 Å². The van der Waals surface area contributed by atoms with Crippen LogP contribution in [-0.4, -0.2) is 4.98 Å². The summed E-state index contributed by atoms with van der Waals surface area (Å²) in [4.78, 5) is 4.93. The molecule has 2 heterocycles. The van der Waals surface area contributed by atoms with Crippen LogP contribution in [0.4, 0.5) is 0 Å². The minimum Gasteiger partial charge on any atom is -0.454 e. The van der Waals surface area contributed by atoms with Crippen LogP contribution >= 0.6 is 0 Å². The van der Waals surface area contributed by atoms with Crippen molar-refractivity contribution in [2.24, 2.45) is 0 Å². The monoisotopic (exact) mass is 329 g/mol. The van der Waals surface area contributed by atoms with Gasteiger partial charge in [0.05, 0.1) is 5.52 Å². The van der Waals surface area contributed by atoms with Crippen molar-refractivity contribution < 1.29 is 4.42 Å². The van der Waals surface area contributed by atoms with Crippen molar-refractivity contribution in [2.45, 2.75) is 40.0 Å². The number of furan rings is 1. The van der Waals surface area contributed by atoms with E-state index >= 15 is 0 Å². The highest BCUT2D eigenvalue weighted by atomic mass is 16.3. The maximum absolute atomic E-state index is 6.09. The lowest BCUT2D eigenvalue weighted by atomic mass is 9.85. The van der Waals surface area contributed by atoms with E-state index in [1.54, 1.807) is 0 Å². The number of benzene rings is 2. The summed E-state index contributed by atoms with van der Waals surface area (Å²) in [7, 11) is 0. The Morgan fingerprint density at radius 3 is 2.40 bits per heavy atom. The molecule has 126 valence electrons. The molecule has 2 aromatic heterocycles. The Morgan fingerprint density at radius 2 is 1.68 bits per heavy atom. The van der Waals surface area contributed by atoms with Gasteiger partial charge in [0.2, 0.25) is 0 Å². The molecule has 0 saturated carbocycles. The van der Waals surface area contributed by atoms with Gasteiger partial charge in [-0.25, -0.2) is 4.98 Å². The quantitative estimate of drug-likeness (QED) is 0.395. The maximum Gasteiger partial charge on any atom is 0.156 e. The average molecular weight is 329 g/mol. The summed E-state index contributed by atoms with van der Waals surface area (Å²) < 4.78 is 6.09. The van der Waals surface area contributed by atoms with Crippen LogP contribution in [0, 0.1) is 13.8 Å². The summed E-state index contributed by atoms with van der Waals surface area (Å²) in [5.74, 6) is 0.863. The topological polar surface area (TPSA) is 26.0 Å². The van der Waals surface area contributed by atoms with Gasteiger partial charge in [0, 0.05) is 16.3 Å². The fourth-order valence-electron chi connectivity index (χ4n) is 3.39. The molecule has 0 aliphatic carbocycles. The van der Waals surface area contributed by atoms with E-state index in [0.717, 1.165) is 33.5 Å². The molecule has 4 rings (SSSR count). The third kappa shape index (κ3) is 2.62. The first kappa shape index (κ1) is 15.9. The van der Waals surface area contributed by atoms with E-state index in [1.807, 2.05) is 18.2 Å². The van der Waals surface area contributed by atoms with Crippen molar-refractivity contribution in [2.75, 3.05) is 0 Å². The lowest BCUT2D eigenvalue weighted by Gasteiger charge is -2.20. The van der Waals surface area contributed by atoms with Gasteiger partial charge in [0.25, 0.3) is 0 Å². The average Bonchev–Trinajstić information content (AvgIpc) is 2.91. The first-order valence-electron chi connectivity index (χ1n) is 8.75. The predicted octanol–water partition coefficient (Wildman–Crippen LogP) is 6.56. The second kappa shape index (κ2) is 5.45. The van der Waals surface area contributed by atoms with Crippen LogP contribution < -0.4 is 0 Å². The van der Waals surface area contributed by atoms with Crippen molar-refractivity contribution in [3.05, 3.63) is 65.2 Å². The van der Waals surface area contributed by atoms with E-state index in [1.165, 1.54) is 16.5 Å². The van der Waals surface area contributed by atoms with Crippen molar-refractivity contribution in [3.8, 4) is 11.5 Å². The first-order chi connectivity index (χ1) is 11.8. The van der Waals surface area contributed by atoms with Crippen LogP contribution in [0.1, 0.15) is 37.5 Å². The number of fused-ring (bicyclic) bond motifs is 2. The standard InChI is InChI=1S/C23H23NO/c1-14-12-17(23(3,4)5)13-16-10-11-19(24-21(14)16)22-15(2)18-8-6-7-9-20(18)25-22/h6-13H,1-5H3. The summed E-state index contributed by atoms with van der Waals surface area (Å²) in [6.45, 7) is 11.0. The highest BCUT2D eigenvalue weighted by molar-refractivity contribution is 5.89. The molecule has 0 radical (unpaired) electrons. The zero-order chi connectivity index (χ0) is 17.8. The van der Waals surface area contributed by atoms with Gasteiger partial charge in [-0.2, -0.15) is 0 Å². The van der Waals surface area contributed by atoms with Crippen LogP contribution in [0.5, 0.6) is 0 Å². The largest absolute Gasteiger partial charge is 0.454 e. The summed E-state index contributed by atoms with van der Waals surface area (Å²) in [5, 5.41) is 2.33. The molecular weight excluding hydrogens is 306 g/mol. The molecule has 4 aromatic rings. The number of aromatic nitrogens is 1. The molecular formula is C23H23NO. The summed E-state index contributed by atoms with van der Waals surface area (Å²) in [5.41, 5.74) is 6.68. The molecule has 0 amide bonds. The van der Waals surface area contributed by atoms with Gasteiger partial charge in [0.15, 0.2) is 5.76 Å². The lowest BCUT2D eigenvalue weighted by molar-refractivity contribution is 0.590. The maximum atomic E-state index is 6.09. The summed E-state index contributed by atoms with van der Waals surface area (Å²) in [6, 6.07) is 16.9. The van der Waals surface area contributed by atoms with Crippen molar-refractivity contribution in [1.29, 1.82) is 0 Å². The predicted molar refractivity (Wildman–Crippen MR) is 105 cm³/mol. The Kier molecular flexibility index (Phi) is 3.47. The minimum atomic E-state index is 0.132. The molecule has 0 unspecified atom stereocenters. The Morgan fingerprint density at radius 1 is 0.920 bits per heavy atom. The number of rotatable bonds is 1. The van der Waals surface area contributed by atoms with Gasteiger partial charge in [-0.1, -0.05) is 51.1 Å². The van der Waals surface area contributed by atoms with Crippen LogP contribution in [0.3, 0.4) is 0 Å². The van der Waals surface area contributed by atoms with E-state index < -0.39 is 0 Å². The lowest BCUT2D eigenvalue weighted by Crippen LogP contribution is -2.11. The van der Waals surface area contributed by atoms with E-state index in [-0.39, 0.29) is 5.41 Å². The third-order valence-corrected chi connectivity index (χ3v) is 4.93. The summed E-state index contributed by atoms with van der Waals surface area (Å²) >= 11 is 0. The zero-order valence-corrected chi connectivity index (χ0v) is 15.5. The molecule has 2 heteroatoms. The fourth-order valence-corrected chi connectivity index (χ4v) is 3.39. The second-order valence-corrected chi connectivity index (χ2v) is 7.86. The number of aryl methyl sites for hydroxylation is 2. The number of para-hydroxylation sites is 1. The van der Waals surface area contributed by atoms with Gasteiger partial charge in [-0.3, -0.25) is 0 Å². The van der Waals surface area contributed by atoms with Gasteiger partial charge in [-0.05, 0) is 48.6 Å². The van der Waals surface area contributed by atoms with E-state index in [0.29, 0.717) is 0 Å². The van der Waals surface area contributed by atoms with Crippen molar-refractivity contribution >= 4 is 21.9 Å². The molecule has 0 fully saturated rings. The number of hydrogen-bond donors (Lipinski definition) is 0. The smallest absolute Gasteiger partial charge is 0.156 e. The Bertz CT molecular complexity index is 1100. The Labute approximate surface area is 148 Å². The molecule has 0 aliphatic rings. The Hall–Kier alpha value is -2.61. The van der Waals surface area contributed by atoms with E-state index in [2.05, 4.69) is 65.0 Å². The van der Waals surface area contributed by atoms with Crippen LogP contribution in [0.25, 0.3) is 33.3 Å². The first-order valence-corrected chi connectivity index (χ1v) is 8.75. The second-order valence-electron chi connectivity index (χ2n) is 7.86. The number of hydrogen-bond acceptors (Lipinski definition) is 2. The molecule has 0 bridgehead atoms. The molecule has 0 saturated heterocycles. The van der Waals surface area contributed by atoms with Gasteiger partial charge in [-0.15, -0.1) is 0 Å². The van der Waals surface area contributed by atoms with Gasteiger partial charge in [0.1, 0.15) is 11.3 Å². The highest BCUT2D eigenvalue weighted by Crippen LogP contribution is 2.34. The van der Waals surface area contributed by atoms with Crippen LogP contribution in [0.2, 0.25) is 0 Å². The SMILES string of the molecule is Cc1c(-c2ccc3cc(C(C)(C)C)cc(C)c3n2)oc2ccccc12. The van der Waals surface area contributed by atoms with Crippen LogP contribution in [0.15, 0.2) is 52.9 Å². The van der Waals surface area contributed by atoms with Crippen LogP contribution in [-0.2, 0) is 5.41 Å². The highest BCUT2D eigenvalue weighted by Gasteiger charge is 2.17. The zero-order valence-electron chi connectivity index (χ0n) is 15.5. The molecule has 25 heavy (non-hydrogen) atoms. The number of pyridine rings is 1. The van der Waals surface area contributed by atoms with E-state index in [4.69, 9.17) is 9.40 Å². The van der Waals surface area contributed by atoms with Gasteiger partial charge < -0.3 is 4.42 Å². The Balaban J connectivity index is 1.91. The van der Waals surface area contributed by atoms with Gasteiger partial charge >= 0.3 is 0 Å².